The van der Waals surface area contributed by atoms with Gasteiger partial charge in [0.15, 0.2) is 0 Å². The summed E-state index contributed by atoms with van der Waals surface area (Å²) >= 11 is 1.87. The number of rotatable bonds is 8. The van der Waals surface area contributed by atoms with Crippen molar-refractivity contribution in [1.29, 1.82) is 0 Å². The molecule has 0 fully saturated rings. The SMILES string of the molecule is c1ccc(-c2ccc(N(c3ccccc3)c3cccc(-c4cccc(-c5ccc6c(c5)c5ccccc5n6-c5cccc6sc7ccccc7c56)c4)c3)c(-c3ccccc3)c2)cc1. The van der Waals surface area contributed by atoms with Gasteiger partial charge in [0, 0.05) is 47.9 Å². The fourth-order valence-electron chi connectivity index (χ4n) is 9.45. The molecule has 296 valence electrons. The number of aromatic nitrogens is 1. The smallest absolute Gasteiger partial charge is 0.0555 e. The highest BCUT2D eigenvalue weighted by Gasteiger charge is 2.20. The van der Waals surface area contributed by atoms with Crippen LogP contribution in [0.4, 0.5) is 17.1 Å². The maximum Gasteiger partial charge on any atom is 0.0555 e. The Morgan fingerprint density at radius 1 is 0.317 bits per heavy atom. The minimum absolute atomic E-state index is 1.09. The van der Waals surface area contributed by atoms with E-state index in [1.54, 1.807) is 0 Å². The van der Waals surface area contributed by atoms with E-state index in [2.05, 4.69) is 252 Å². The fourth-order valence-corrected chi connectivity index (χ4v) is 10.6. The zero-order valence-electron chi connectivity index (χ0n) is 34.4. The molecular weight excluding hydrogens is 781 g/mol. The van der Waals surface area contributed by atoms with E-state index in [1.807, 2.05) is 11.3 Å². The summed E-state index contributed by atoms with van der Waals surface area (Å²) in [6.45, 7) is 0. The first-order valence-electron chi connectivity index (χ1n) is 21.5. The quantitative estimate of drug-likeness (QED) is 0.148. The standard InChI is InChI=1S/C60H40N2S/c1-4-17-41(18-5-1)46-33-35-55(52(39-46)42-19-6-2-7-20-42)61(48-24-8-3-9-25-48)49-26-15-23-45(38-49)43-21-14-22-44(37-43)47-34-36-56-53(40-47)50-27-10-12-29-54(50)62(56)57-30-16-32-59-60(57)51-28-11-13-31-58(51)63-59/h1-40H. The summed E-state index contributed by atoms with van der Waals surface area (Å²) in [5, 5.41) is 5.12. The first kappa shape index (κ1) is 36.8. The number of fused-ring (bicyclic) bond motifs is 6. The van der Waals surface area contributed by atoms with Crippen LogP contribution in [-0.4, -0.2) is 4.57 Å². The van der Waals surface area contributed by atoms with Crippen LogP contribution in [0.25, 0.3) is 92.2 Å². The van der Waals surface area contributed by atoms with Crippen LogP contribution in [0.2, 0.25) is 0 Å². The van der Waals surface area contributed by atoms with Crippen molar-refractivity contribution >= 4 is 70.4 Å². The Kier molecular flexibility index (Phi) is 9.06. The summed E-state index contributed by atoms with van der Waals surface area (Å²) in [7, 11) is 0. The molecule has 0 aliphatic carbocycles. The lowest BCUT2D eigenvalue weighted by molar-refractivity contribution is 1.20. The number of nitrogens with zero attached hydrogens (tertiary/aromatic N) is 2. The lowest BCUT2D eigenvalue weighted by Gasteiger charge is -2.29. The molecule has 0 saturated heterocycles. The monoisotopic (exact) mass is 820 g/mol. The number of hydrogen-bond acceptors (Lipinski definition) is 2. The molecule has 3 heteroatoms. The van der Waals surface area contributed by atoms with Crippen LogP contribution in [-0.2, 0) is 0 Å². The van der Waals surface area contributed by atoms with E-state index in [0.717, 1.165) is 22.6 Å². The second-order valence-electron chi connectivity index (χ2n) is 16.1. The van der Waals surface area contributed by atoms with Crippen LogP contribution in [0.15, 0.2) is 243 Å². The molecule has 0 bridgehead atoms. The van der Waals surface area contributed by atoms with Crippen LogP contribution < -0.4 is 4.90 Å². The zero-order chi connectivity index (χ0) is 41.7. The Morgan fingerprint density at radius 2 is 0.857 bits per heavy atom. The predicted octanol–water partition coefficient (Wildman–Crippen LogP) is 17.3. The van der Waals surface area contributed by atoms with E-state index < -0.39 is 0 Å². The summed E-state index contributed by atoms with van der Waals surface area (Å²) < 4.78 is 5.09. The predicted molar refractivity (Wildman–Crippen MR) is 270 cm³/mol. The van der Waals surface area contributed by atoms with Crippen molar-refractivity contribution in [2.45, 2.75) is 0 Å². The van der Waals surface area contributed by atoms with Crippen LogP contribution >= 0.6 is 11.3 Å². The molecule has 0 amide bonds. The van der Waals surface area contributed by atoms with Gasteiger partial charge >= 0.3 is 0 Å². The minimum Gasteiger partial charge on any atom is -0.310 e. The van der Waals surface area contributed by atoms with Gasteiger partial charge in [0.05, 0.1) is 22.4 Å². The van der Waals surface area contributed by atoms with E-state index in [1.165, 1.54) is 86.6 Å². The third-order valence-electron chi connectivity index (χ3n) is 12.4. The summed E-state index contributed by atoms with van der Waals surface area (Å²) in [6, 6.07) is 88.3. The Bertz CT molecular complexity index is 3620. The molecule has 2 heterocycles. The molecule has 0 unspecified atom stereocenters. The fraction of sp³-hybridized carbons (Fsp3) is 0. The van der Waals surface area contributed by atoms with Crippen molar-refractivity contribution in [1.82, 2.24) is 4.57 Å². The summed E-state index contributed by atoms with van der Waals surface area (Å²) in [5.41, 5.74) is 16.4. The molecule has 0 atom stereocenters. The average molecular weight is 821 g/mol. The molecule has 0 spiro atoms. The van der Waals surface area contributed by atoms with Crippen LogP contribution in [0.5, 0.6) is 0 Å². The Morgan fingerprint density at radius 3 is 1.65 bits per heavy atom. The zero-order valence-corrected chi connectivity index (χ0v) is 35.2. The Hall–Kier alpha value is -7.98. The second kappa shape index (κ2) is 15.5. The van der Waals surface area contributed by atoms with Gasteiger partial charge in [-0.3, -0.25) is 0 Å². The van der Waals surface area contributed by atoms with Crippen molar-refractivity contribution < 1.29 is 0 Å². The molecule has 12 rings (SSSR count). The number of thiophene rings is 1. The minimum atomic E-state index is 1.09. The van der Waals surface area contributed by atoms with Crippen molar-refractivity contribution in [3.8, 4) is 50.2 Å². The molecule has 2 nitrogen and oxygen atoms in total. The lowest BCUT2D eigenvalue weighted by atomic mass is 9.95. The van der Waals surface area contributed by atoms with Gasteiger partial charge in [0.1, 0.15) is 0 Å². The average Bonchev–Trinajstić information content (AvgIpc) is 3.91. The van der Waals surface area contributed by atoms with E-state index in [-0.39, 0.29) is 0 Å². The largest absolute Gasteiger partial charge is 0.310 e. The molecule has 0 saturated carbocycles. The summed E-state index contributed by atoms with van der Waals surface area (Å²) in [6.07, 6.45) is 0. The van der Waals surface area contributed by atoms with Crippen molar-refractivity contribution in [2.75, 3.05) is 4.90 Å². The summed E-state index contributed by atoms with van der Waals surface area (Å²) in [5.74, 6) is 0. The molecule has 12 aromatic rings. The van der Waals surface area contributed by atoms with Gasteiger partial charge in [0.2, 0.25) is 0 Å². The van der Waals surface area contributed by atoms with Gasteiger partial charge in [-0.15, -0.1) is 11.3 Å². The third kappa shape index (κ3) is 6.50. The second-order valence-corrected chi connectivity index (χ2v) is 17.2. The maximum atomic E-state index is 2.47. The van der Waals surface area contributed by atoms with Crippen LogP contribution in [0.3, 0.4) is 0 Å². The first-order valence-corrected chi connectivity index (χ1v) is 22.3. The van der Waals surface area contributed by atoms with E-state index >= 15 is 0 Å². The Balaban J connectivity index is 0.964. The number of benzene rings is 10. The molecule has 10 aromatic carbocycles. The molecule has 0 aliphatic heterocycles. The van der Waals surface area contributed by atoms with Crippen LogP contribution in [0.1, 0.15) is 0 Å². The number of anilines is 3. The van der Waals surface area contributed by atoms with Crippen molar-refractivity contribution in [2.24, 2.45) is 0 Å². The van der Waals surface area contributed by atoms with E-state index in [4.69, 9.17) is 0 Å². The number of para-hydroxylation sites is 2. The highest BCUT2D eigenvalue weighted by Crippen LogP contribution is 2.45. The molecule has 2 aromatic heterocycles. The highest BCUT2D eigenvalue weighted by atomic mass is 32.1. The van der Waals surface area contributed by atoms with Gasteiger partial charge in [-0.2, -0.15) is 0 Å². The molecule has 0 N–H and O–H groups in total. The van der Waals surface area contributed by atoms with Gasteiger partial charge in [-0.25, -0.2) is 0 Å². The molecule has 63 heavy (non-hydrogen) atoms. The van der Waals surface area contributed by atoms with Gasteiger partial charge < -0.3 is 9.47 Å². The van der Waals surface area contributed by atoms with Crippen molar-refractivity contribution in [3.63, 3.8) is 0 Å². The van der Waals surface area contributed by atoms with Crippen LogP contribution in [0, 0.1) is 0 Å². The van der Waals surface area contributed by atoms with Crippen molar-refractivity contribution in [3.05, 3.63) is 243 Å². The maximum absolute atomic E-state index is 2.47. The van der Waals surface area contributed by atoms with Gasteiger partial charge in [-0.1, -0.05) is 164 Å². The lowest BCUT2D eigenvalue weighted by Crippen LogP contribution is -2.11. The highest BCUT2D eigenvalue weighted by molar-refractivity contribution is 7.25. The van der Waals surface area contributed by atoms with E-state index in [0.29, 0.717) is 0 Å². The Labute approximate surface area is 370 Å². The summed E-state index contributed by atoms with van der Waals surface area (Å²) in [4.78, 5) is 2.40. The van der Waals surface area contributed by atoms with Gasteiger partial charge in [-0.05, 0) is 118 Å². The topological polar surface area (TPSA) is 8.17 Å². The first-order chi connectivity index (χ1) is 31.2. The van der Waals surface area contributed by atoms with Gasteiger partial charge in [0.25, 0.3) is 0 Å². The normalized spacial score (nSPS) is 11.5. The number of hydrogen-bond donors (Lipinski definition) is 0. The molecular formula is C60H40N2S. The van der Waals surface area contributed by atoms with E-state index in [9.17, 15) is 0 Å². The third-order valence-corrected chi connectivity index (χ3v) is 13.5. The molecule has 0 radical (unpaired) electrons. The molecule has 0 aliphatic rings.